The molecule has 33 heavy (non-hydrogen) atoms. The Morgan fingerprint density at radius 1 is 0.909 bits per heavy atom. The number of piperidine rings is 1. The van der Waals surface area contributed by atoms with Crippen LogP contribution in [0.15, 0.2) is 60.7 Å². The molecule has 0 amide bonds. The van der Waals surface area contributed by atoms with Crippen LogP contribution in [0.25, 0.3) is 0 Å². The largest absolute Gasteiger partial charge is 1.00 e. The van der Waals surface area contributed by atoms with Crippen LogP contribution in [0, 0.1) is 0 Å². The number of thioether (sulfide) groups is 1. The number of benzene rings is 2. The first-order valence-corrected chi connectivity index (χ1v) is 13.3. The van der Waals surface area contributed by atoms with Crippen LogP contribution >= 0.6 is 11.8 Å². The molecule has 3 rings (SSSR count). The summed E-state index contributed by atoms with van der Waals surface area (Å²) in [6.45, 7) is 5.98. The minimum Gasteiger partial charge on any atom is -1.00 e. The van der Waals surface area contributed by atoms with Gasteiger partial charge in [0.2, 0.25) is 0 Å². The van der Waals surface area contributed by atoms with Crippen molar-refractivity contribution in [1.82, 2.24) is 0 Å². The van der Waals surface area contributed by atoms with E-state index in [9.17, 15) is 4.79 Å². The topological polar surface area (TPSA) is 26.3 Å². The molecule has 2 aromatic rings. The standard InChI is InChI=1S/C28H40NO2S.HI/c1-3-4-5-15-24-32-28(25-16-9-6-10-17-25,26-18-11-7-12-19-26)27(30)31-23-22-29(2)20-13-8-14-21-29;/h6-7,9-12,16-19H,3-5,8,13-15,20-24H2,1-2H3;1H/q+1;/p-1. The quantitative estimate of drug-likeness (QED) is 0.166. The number of hydrogen-bond acceptors (Lipinski definition) is 3. The molecule has 5 heteroatoms. The third kappa shape index (κ3) is 7.72. The predicted octanol–water partition coefficient (Wildman–Crippen LogP) is 3.42. The van der Waals surface area contributed by atoms with Gasteiger partial charge in [-0.15, -0.1) is 11.8 Å². The zero-order valence-electron chi connectivity index (χ0n) is 20.3. The summed E-state index contributed by atoms with van der Waals surface area (Å²) in [4.78, 5) is 13.9. The second-order valence-corrected chi connectivity index (χ2v) is 10.6. The maximum absolute atomic E-state index is 13.9. The molecule has 2 aromatic carbocycles. The summed E-state index contributed by atoms with van der Waals surface area (Å²) in [5, 5.41) is 0. The fourth-order valence-corrected chi connectivity index (χ4v) is 6.12. The predicted molar refractivity (Wildman–Crippen MR) is 136 cm³/mol. The summed E-state index contributed by atoms with van der Waals surface area (Å²) in [5.41, 5.74) is 2.02. The highest BCUT2D eigenvalue weighted by Crippen LogP contribution is 2.44. The van der Waals surface area contributed by atoms with E-state index in [1.807, 2.05) is 36.4 Å². The van der Waals surface area contributed by atoms with E-state index in [1.54, 1.807) is 11.8 Å². The number of hydrogen-bond donors (Lipinski definition) is 0. The molecule has 1 aliphatic rings. The number of ether oxygens (including phenoxy) is 1. The molecule has 0 atom stereocenters. The minimum atomic E-state index is -0.824. The van der Waals surface area contributed by atoms with Gasteiger partial charge in [0, 0.05) is 0 Å². The van der Waals surface area contributed by atoms with Crippen molar-refractivity contribution in [1.29, 1.82) is 0 Å². The lowest BCUT2D eigenvalue weighted by molar-refractivity contribution is -0.914. The molecule has 0 radical (unpaired) electrons. The SMILES string of the molecule is CCCCCCSC(C(=O)OCC[N+]1(C)CCCCC1)(c1ccccc1)c1ccccc1.[I-]. The van der Waals surface area contributed by atoms with E-state index in [4.69, 9.17) is 4.74 Å². The molecule has 1 aliphatic heterocycles. The Morgan fingerprint density at radius 2 is 1.48 bits per heavy atom. The minimum absolute atomic E-state index is 0. The van der Waals surface area contributed by atoms with Gasteiger partial charge in [0.25, 0.3) is 0 Å². The first-order valence-electron chi connectivity index (χ1n) is 12.4. The van der Waals surface area contributed by atoms with Gasteiger partial charge in [-0.1, -0.05) is 86.8 Å². The number of esters is 1. The third-order valence-electron chi connectivity index (χ3n) is 6.72. The van der Waals surface area contributed by atoms with Crippen LogP contribution < -0.4 is 24.0 Å². The lowest BCUT2D eigenvalue weighted by Gasteiger charge is -2.38. The van der Waals surface area contributed by atoms with Crippen molar-refractivity contribution in [2.24, 2.45) is 0 Å². The Bertz CT molecular complexity index is 770. The normalized spacial score (nSPS) is 15.5. The van der Waals surface area contributed by atoms with Crippen LogP contribution in [-0.2, 0) is 14.3 Å². The molecule has 0 saturated carbocycles. The van der Waals surface area contributed by atoms with E-state index in [2.05, 4.69) is 38.2 Å². The number of nitrogens with zero attached hydrogens (tertiary/aromatic N) is 1. The van der Waals surface area contributed by atoms with Gasteiger partial charge in [-0.2, -0.15) is 0 Å². The number of likely N-dealkylation sites (tertiary alicyclic amines) is 1. The molecule has 3 nitrogen and oxygen atoms in total. The molecule has 0 aromatic heterocycles. The van der Waals surface area contributed by atoms with Crippen molar-refractivity contribution in [3.05, 3.63) is 71.8 Å². The van der Waals surface area contributed by atoms with E-state index < -0.39 is 4.75 Å². The highest BCUT2D eigenvalue weighted by Gasteiger charge is 2.44. The first kappa shape index (κ1) is 28.2. The molecular formula is C28H40INO2S. The van der Waals surface area contributed by atoms with E-state index >= 15 is 0 Å². The van der Waals surface area contributed by atoms with Crippen LogP contribution in [0.3, 0.4) is 0 Å². The number of quaternary nitrogens is 1. The summed E-state index contributed by atoms with van der Waals surface area (Å²) < 4.78 is 6.28. The molecule has 0 aliphatic carbocycles. The summed E-state index contributed by atoms with van der Waals surface area (Å²) >= 11 is 1.74. The van der Waals surface area contributed by atoms with Crippen molar-refractivity contribution in [3.63, 3.8) is 0 Å². The maximum Gasteiger partial charge on any atom is 0.331 e. The van der Waals surface area contributed by atoms with Crippen LogP contribution in [0.1, 0.15) is 63.0 Å². The second-order valence-electron chi connectivity index (χ2n) is 9.31. The Labute approximate surface area is 222 Å². The van der Waals surface area contributed by atoms with Gasteiger partial charge in [0.1, 0.15) is 13.2 Å². The van der Waals surface area contributed by atoms with E-state index in [0.29, 0.717) is 6.61 Å². The highest BCUT2D eigenvalue weighted by molar-refractivity contribution is 8.01. The van der Waals surface area contributed by atoms with Gasteiger partial charge in [-0.05, 0) is 42.6 Å². The number of carbonyl (C=O) groups is 1. The van der Waals surface area contributed by atoms with E-state index in [-0.39, 0.29) is 29.9 Å². The van der Waals surface area contributed by atoms with Gasteiger partial charge >= 0.3 is 5.97 Å². The maximum atomic E-state index is 13.9. The van der Waals surface area contributed by atoms with Gasteiger partial charge in [0.05, 0.1) is 20.1 Å². The lowest BCUT2D eigenvalue weighted by Crippen LogP contribution is -3.00. The Balaban J connectivity index is 0.00000385. The molecule has 0 N–H and O–H groups in total. The molecule has 0 spiro atoms. The van der Waals surface area contributed by atoms with Crippen molar-refractivity contribution in [2.75, 3.05) is 39.0 Å². The van der Waals surface area contributed by atoms with Gasteiger partial charge in [0.15, 0.2) is 4.75 Å². The molecule has 1 saturated heterocycles. The summed E-state index contributed by atoms with van der Waals surface area (Å²) in [5.74, 6) is 0.811. The van der Waals surface area contributed by atoms with E-state index in [0.717, 1.165) is 34.3 Å². The Hall–Kier alpha value is -1.05. The average molecular weight is 582 g/mol. The van der Waals surface area contributed by atoms with Crippen LogP contribution in [-0.4, -0.2) is 49.5 Å². The van der Waals surface area contributed by atoms with Crippen LogP contribution in [0.4, 0.5) is 0 Å². The molecule has 1 fully saturated rings. The number of carbonyl (C=O) groups excluding carboxylic acids is 1. The Kier molecular flexibility index (Phi) is 12.3. The summed E-state index contributed by atoms with van der Waals surface area (Å²) in [7, 11) is 2.30. The van der Waals surface area contributed by atoms with Crippen molar-refractivity contribution in [2.45, 2.75) is 56.6 Å². The zero-order valence-corrected chi connectivity index (χ0v) is 23.3. The molecule has 0 unspecified atom stereocenters. The number of likely N-dealkylation sites (N-methyl/N-ethyl adjacent to an activating group) is 1. The summed E-state index contributed by atoms with van der Waals surface area (Å²) in [6, 6.07) is 20.4. The monoisotopic (exact) mass is 581 g/mol. The fourth-order valence-electron chi connectivity index (χ4n) is 4.69. The van der Waals surface area contributed by atoms with Crippen molar-refractivity contribution in [3.8, 4) is 0 Å². The van der Waals surface area contributed by atoms with Crippen LogP contribution in [0.5, 0.6) is 0 Å². The van der Waals surface area contributed by atoms with Crippen molar-refractivity contribution >= 4 is 17.7 Å². The Morgan fingerprint density at radius 3 is 2.03 bits per heavy atom. The molecule has 0 bridgehead atoms. The van der Waals surface area contributed by atoms with Crippen molar-refractivity contribution < 1.29 is 38.0 Å². The lowest BCUT2D eigenvalue weighted by atomic mass is 9.90. The molecule has 182 valence electrons. The fraction of sp³-hybridized carbons (Fsp3) is 0.536. The second kappa shape index (κ2) is 14.4. The third-order valence-corrected chi connectivity index (χ3v) is 8.29. The smallest absolute Gasteiger partial charge is 0.331 e. The molecule has 1 heterocycles. The highest BCUT2D eigenvalue weighted by atomic mass is 127. The van der Waals surface area contributed by atoms with E-state index in [1.165, 1.54) is 51.6 Å². The number of rotatable bonds is 12. The van der Waals surface area contributed by atoms with Gasteiger partial charge in [-0.3, -0.25) is 0 Å². The summed E-state index contributed by atoms with van der Waals surface area (Å²) in [6.07, 6.45) is 8.65. The molecular weight excluding hydrogens is 541 g/mol. The first-order chi connectivity index (χ1) is 15.6. The average Bonchev–Trinajstić information content (AvgIpc) is 2.83. The van der Waals surface area contributed by atoms with Gasteiger partial charge in [-0.25, -0.2) is 4.79 Å². The van der Waals surface area contributed by atoms with Crippen LogP contribution in [0.2, 0.25) is 0 Å². The number of unbranched alkanes of at least 4 members (excludes halogenated alkanes) is 3. The zero-order chi connectivity index (χ0) is 22.7. The van der Waals surface area contributed by atoms with Gasteiger partial charge < -0.3 is 33.2 Å². The number of halogens is 1.